The van der Waals surface area contributed by atoms with Crippen LogP contribution in [0.1, 0.15) is 29.5 Å². The van der Waals surface area contributed by atoms with E-state index < -0.39 is 5.97 Å². The van der Waals surface area contributed by atoms with Gasteiger partial charge < -0.3 is 5.11 Å². The van der Waals surface area contributed by atoms with Gasteiger partial charge >= 0.3 is 5.97 Å². The van der Waals surface area contributed by atoms with Crippen LogP contribution < -0.4 is 0 Å². The van der Waals surface area contributed by atoms with E-state index in [-0.39, 0.29) is 0 Å². The fourth-order valence-corrected chi connectivity index (χ4v) is 2.95. The van der Waals surface area contributed by atoms with Crippen molar-refractivity contribution in [1.82, 2.24) is 4.90 Å². The lowest BCUT2D eigenvalue weighted by atomic mass is 9.97. The molecule has 0 heterocycles. The third-order valence-electron chi connectivity index (χ3n) is 4.54. The molecule has 1 saturated carbocycles. The van der Waals surface area contributed by atoms with Gasteiger partial charge in [0.05, 0.1) is 0 Å². The van der Waals surface area contributed by atoms with Crippen molar-refractivity contribution in [3.8, 4) is 11.1 Å². The average Bonchev–Trinajstić information content (AvgIpc) is 3.40. The van der Waals surface area contributed by atoms with Gasteiger partial charge in [0.25, 0.3) is 0 Å². The highest BCUT2D eigenvalue weighted by Crippen LogP contribution is 2.29. The molecule has 0 atom stereocenters. The van der Waals surface area contributed by atoms with E-state index >= 15 is 0 Å². The summed E-state index contributed by atoms with van der Waals surface area (Å²) in [6, 6.07) is 15.4. The molecule has 0 unspecified atom stereocenters. The number of aryl methyl sites for hydroxylation is 1. The second-order valence-corrected chi connectivity index (χ2v) is 6.59. The Morgan fingerprint density at radius 1 is 1.21 bits per heavy atom. The van der Waals surface area contributed by atoms with Crippen LogP contribution in [0.25, 0.3) is 17.2 Å². The van der Waals surface area contributed by atoms with Crippen molar-refractivity contribution in [2.24, 2.45) is 0 Å². The number of rotatable bonds is 6. The van der Waals surface area contributed by atoms with E-state index in [1.807, 2.05) is 12.1 Å². The normalized spacial score (nSPS) is 14.5. The Morgan fingerprint density at radius 2 is 1.92 bits per heavy atom. The summed E-state index contributed by atoms with van der Waals surface area (Å²) in [5.74, 6) is -0.928. The fraction of sp³-hybridized carbons (Fsp3) is 0.286. The molecule has 0 bridgehead atoms. The first-order valence-corrected chi connectivity index (χ1v) is 8.34. The van der Waals surface area contributed by atoms with Gasteiger partial charge in [-0.15, -0.1) is 0 Å². The molecule has 1 N–H and O–H groups in total. The van der Waals surface area contributed by atoms with Crippen LogP contribution in [0.4, 0.5) is 0 Å². The summed E-state index contributed by atoms with van der Waals surface area (Å²) in [5, 5.41) is 8.70. The molecule has 1 aliphatic rings. The molecule has 0 spiro atoms. The Balaban J connectivity index is 1.81. The molecule has 0 saturated heterocycles. The lowest BCUT2D eigenvalue weighted by Crippen LogP contribution is -2.19. The first-order chi connectivity index (χ1) is 11.5. The summed E-state index contributed by atoms with van der Waals surface area (Å²) in [6.45, 7) is 3.11. The minimum atomic E-state index is -0.928. The van der Waals surface area contributed by atoms with Crippen LogP contribution in [0, 0.1) is 6.92 Å². The van der Waals surface area contributed by atoms with Crippen molar-refractivity contribution in [3.05, 3.63) is 65.2 Å². The molecule has 1 aliphatic carbocycles. The third kappa shape index (κ3) is 4.12. The quantitative estimate of drug-likeness (QED) is 0.804. The lowest BCUT2D eigenvalue weighted by Gasteiger charge is -2.17. The van der Waals surface area contributed by atoms with Crippen molar-refractivity contribution in [3.63, 3.8) is 0 Å². The first-order valence-electron chi connectivity index (χ1n) is 8.34. The van der Waals surface area contributed by atoms with Gasteiger partial charge in [-0.1, -0.05) is 36.4 Å². The van der Waals surface area contributed by atoms with Gasteiger partial charge in [0.2, 0.25) is 0 Å². The largest absolute Gasteiger partial charge is 0.478 e. The molecule has 124 valence electrons. The number of hydrogen-bond acceptors (Lipinski definition) is 2. The van der Waals surface area contributed by atoms with Crippen LogP contribution in [0.3, 0.4) is 0 Å². The Hall–Kier alpha value is -2.39. The van der Waals surface area contributed by atoms with E-state index in [0.717, 1.165) is 29.8 Å². The third-order valence-corrected chi connectivity index (χ3v) is 4.54. The lowest BCUT2D eigenvalue weighted by molar-refractivity contribution is -0.131. The molecule has 3 nitrogen and oxygen atoms in total. The predicted molar refractivity (Wildman–Crippen MR) is 97.8 cm³/mol. The van der Waals surface area contributed by atoms with Gasteiger partial charge in [-0.05, 0) is 66.8 Å². The molecule has 0 amide bonds. The smallest absolute Gasteiger partial charge is 0.328 e. The SMILES string of the molecule is Cc1ccc(CN(C)C2CC2)cc1-c1ccc(/C=C/C(=O)O)cc1. The minimum absolute atomic E-state index is 0.759. The molecule has 24 heavy (non-hydrogen) atoms. The fourth-order valence-electron chi connectivity index (χ4n) is 2.95. The molecule has 3 heteroatoms. The van der Waals surface area contributed by atoms with Crippen LogP contribution in [-0.2, 0) is 11.3 Å². The topological polar surface area (TPSA) is 40.5 Å². The Morgan fingerprint density at radius 3 is 2.54 bits per heavy atom. The summed E-state index contributed by atoms with van der Waals surface area (Å²) >= 11 is 0. The second kappa shape index (κ2) is 7.02. The maximum absolute atomic E-state index is 10.6. The Bertz CT molecular complexity index is 758. The summed E-state index contributed by atoms with van der Waals surface area (Å²) < 4.78 is 0. The van der Waals surface area contributed by atoms with Crippen LogP contribution >= 0.6 is 0 Å². The highest BCUT2D eigenvalue weighted by atomic mass is 16.4. The van der Waals surface area contributed by atoms with Gasteiger partial charge in [0.15, 0.2) is 0 Å². The van der Waals surface area contributed by atoms with E-state index in [4.69, 9.17) is 5.11 Å². The van der Waals surface area contributed by atoms with Gasteiger partial charge in [-0.25, -0.2) is 4.79 Å². The number of carboxylic acids is 1. The van der Waals surface area contributed by atoms with E-state index in [9.17, 15) is 4.79 Å². The maximum atomic E-state index is 10.6. The second-order valence-electron chi connectivity index (χ2n) is 6.59. The minimum Gasteiger partial charge on any atom is -0.478 e. The summed E-state index contributed by atoms with van der Waals surface area (Å²) in [5.41, 5.74) is 5.88. The van der Waals surface area contributed by atoms with Crippen molar-refractivity contribution in [1.29, 1.82) is 0 Å². The predicted octanol–water partition coefficient (Wildman–Crippen LogP) is 4.35. The Labute approximate surface area is 143 Å². The van der Waals surface area contributed by atoms with E-state index in [1.165, 1.54) is 29.5 Å². The van der Waals surface area contributed by atoms with Gasteiger partial charge in [0, 0.05) is 18.7 Å². The molecule has 1 fully saturated rings. The number of nitrogens with zero attached hydrogens (tertiary/aromatic N) is 1. The van der Waals surface area contributed by atoms with Gasteiger partial charge in [0.1, 0.15) is 0 Å². The molecule has 2 aromatic rings. The van der Waals surface area contributed by atoms with Crippen molar-refractivity contribution >= 4 is 12.0 Å². The molecule has 2 aromatic carbocycles. The number of carbonyl (C=O) groups is 1. The van der Waals surface area contributed by atoms with Crippen molar-refractivity contribution < 1.29 is 9.90 Å². The molecule has 0 aliphatic heterocycles. The number of carboxylic acid groups (broad SMARTS) is 1. The first kappa shape index (κ1) is 16.5. The summed E-state index contributed by atoms with van der Waals surface area (Å²) in [7, 11) is 2.20. The molecular weight excluding hydrogens is 298 g/mol. The number of benzene rings is 2. The number of hydrogen-bond donors (Lipinski definition) is 1. The van der Waals surface area contributed by atoms with Crippen LogP contribution in [0.2, 0.25) is 0 Å². The zero-order valence-corrected chi connectivity index (χ0v) is 14.2. The maximum Gasteiger partial charge on any atom is 0.328 e. The van der Waals surface area contributed by atoms with Gasteiger partial charge in [-0.2, -0.15) is 0 Å². The van der Waals surface area contributed by atoms with E-state index in [1.54, 1.807) is 6.08 Å². The standard InChI is InChI=1S/C21H23NO2/c1-15-3-4-17(14-22(2)19-10-11-19)13-20(15)18-8-5-16(6-9-18)7-12-21(23)24/h3-9,12-13,19H,10-11,14H2,1-2H3,(H,23,24)/b12-7+. The zero-order valence-electron chi connectivity index (χ0n) is 14.2. The number of aliphatic carboxylic acids is 1. The molecule has 0 aromatic heterocycles. The van der Waals surface area contributed by atoms with Crippen LogP contribution in [0.15, 0.2) is 48.5 Å². The van der Waals surface area contributed by atoms with Crippen molar-refractivity contribution in [2.75, 3.05) is 7.05 Å². The highest BCUT2D eigenvalue weighted by Gasteiger charge is 2.25. The summed E-state index contributed by atoms with van der Waals surface area (Å²) in [6.07, 6.45) is 5.41. The van der Waals surface area contributed by atoms with E-state index in [2.05, 4.69) is 49.2 Å². The summed E-state index contributed by atoms with van der Waals surface area (Å²) in [4.78, 5) is 13.0. The molecular formula is C21H23NO2. The van der Waals surface area contributed by atoms with Crippen molar-refractivity contribution in [2.45, 2.75) is 32.4 Å². The zero-order chi connectivity index (χ0) is 17.1. The van der Waals surface area contributed by atoms with Crippen LogP contribution in [-0.4, -0.2) is 29.1 Å². The molecule has 0 radical (unpaired) electrons. The monoisotopic (exact) mass is 321 g/mol. The molecule has 3 rings (SSSR count). The average molecular weight is 321 g/mol. The highest BCUT2D eigenvalue weighted by molar-refractivity contribution is 5.85. The Kier molecular flexibility index (Phi) is 4.81. The van der Waals surface area contributed by atoms with Gasteiger partial charge in [-0.3, -0.25) is 4.90 Å². The van der Waals surface area contributed by atoms with Crippen LogP contribution in [0.5, 0.6) is 0 Å². The van der Waals surface area contributed by atoms with E-state index in [0.29, 0.717) is 0 Å².